The zero-order valence-electron chi connectivity index (χ0n) is 21.4. The monoisotopic (exact) mass is 618 g/mol. The molecule has 6 aromatic heterocycles. The van der Waals surface area contributed by atoms with Gasteiger partial charge in [-0.05, 0) is 48.5 Å². The Morgan fingerprint density at radius 1 is 0.698 bits per heavy atom. The summed E-state index contributed by atoms with van der Waals surface area (Å²) in [6.07, 6.45) is 0.509. The number of nitrogens with zero attached hydrogens (tertiary/aromatic N) is 9. The van der Waals surface area contributed by atoms with E-state index in [0.29, 0.717) is 11.4 Å². The van der Waals surface area contributed by atoms with E-state index in [2.05, 4.69) is 45.2 Å². The van der Waals surface area contributed by atoms with Crippen LogP contribution in [0, 0.1) is 0 Å². The zero-order valence-corrected chi connectivity index (χ0v) is 22.2. The van der Waals surface area contributed by atoms with Crippen LogP contribution in [0.1, 0.15) is 11.4 Å². The van der Waals surface area contributed by atoms with Crippen molar-refractivity contribution in [2.75, 3.05) is 0 Å². The highest BCUT2D eigenvalue weighted by Crippen LogP contribution is 2.28. The van der Waals surface area contributed by atoms with E-state index in [4.69, 9.17) is 11.6 Å². The summed E-state index contributed by atoms with van der Waals surface area (Å²) in [4.78, 5) is 22.5. The van der Waals surface area contributed by atoms with Crippen molar-refractivity contribution in [2.24, 2.45) is 0 Å². The second kappa shape index (κ2) is 13.6. The van der Waals surface area contributed by atoms with Gasteiger partial charge < -0.3 is 0 Å². The van der Waals surface area contributed by atoms with Gasteiger partial charge in [-0.1, -0.05) is 23.7 Å². The fourth-order valence-corrected chi connectivity index (χ4v) is 3.29. The van der Waals surface area contributed by atoms with Gasteiger partial charge in [-0.2, -0.15) is 31.4 Å². The van der Waals surface area contributed by atoms with Crippen LogP contribution in [-0.2, 0) is 12.4 Å². The molecule has 0 aliphatic heterocycles. The molecule has 0 atom stereocenters. The molecule has 0 spiro atoms. The summed E-state index contributed by atoms with van der Waals surface area (Å²) in [6.45, 7) is 0. The molecule has 1 N–H and O–H groups in total. The van der Waals surface area contributed by atoms with Crippen LogP contribution in [0.4, 0.5) is 26.3 Å². The number of halogens is 7. The molecule has 0 saturated carbocycles. The molecule has 6 rings (SSSR count). The van der Waals surface area contributed by atoms with Crippen LogP contribution in [-0.4, -0.2) is 49.9 Å². The van der Waals surface area contributed by atoms with E-state index < -0.39 is 23.7 Å². The number of pyridine rings is 4. The fraction of sp³-hybridized carbons (Fsp3) is 0.0769. The van der Waals surface area contributed by atoms with Gasteiger partial charge >= 0.3 is 12.4 Å². The predicted octanol–water partition coefficient (Wildman–Crippen LogP) is 6.36. The molecule has 0 amide bonds. The van der Waals surface area contributed by atoms with Crippen molar-refractivity contribution < 1.29 is 26.3 Å². The molecule has 17 heteroatoms. The minimum atomic E-state index is -4.50. The van der Waals surface area contributed by atoms with Gasteiger partial charge in [0.25, 0.3) is 0 Å². The van der Waals surface area contributed by atoms with E-state index in [1.807, 2.05) is 12.1 Å². The first-order valence-corrected chi connectivity index (χ1v) is 12.2. The third kappa shape index (κ3) is 8.87. The normalized spacial score (nSPS) is 11.1. The smallest absolute Gasteiger partial charge is 0.264 e. The molecule has 0 aliphatic carbocycles. The molecule has 0 aromatic carbocycles. The molecular formula is C26H17ClF6N10. The number of rotatable bonds is 3. The Balaban J connectivity index is 0.000000162. The first kappa shape index (κ1) is 30.7. The summed E-state index contributed by atoms with van der Waals surface area (Å²) in [5.41, 5.74) is -0.323. The van der Waals surface area contributed by atoms with Crippen molar-refractivity contribution in [3.8, 4) is 28.6 Å². The zero-order chi connectivity index (χ0) is 30.9. The largest absolute Gasteiger partial charge is 0.433 e. The molecule has 6 heterocycles. The van der Waals surface area contributed by atoms with Crippen molar-refractivity contribution in [1.82, 2.24) is 49.9 Å². The van der Waals surface area contributed by atoms with E-state index in [9.17, 15) is 26.3 Å². The van der Waals surface area contributed by atoms with Gasteiger partial charge in [0.15, 0.2) is 17.5 Å². The van der Waals surface area contributed by atoms with Crippen LogP contribution in [0.15, 0.2) is 98.1 Å². The van der Waals surface area contributed by atoms with E-state index in [1.54, 1.807) is 36.9 Å². The summed E-state index contributed by atoms with van der Waals surface area (Å²) >= 11 is 5.24. The minimum Gasteiger partial charge on any atom is -0.264 e. The SMILES string of the molecule is FC(F)(F)c1cccc(-n2cnc(-c3cccnc3)n2)n1.FC(F)(F)c1cccc(Cl)n1.c1cncc(-c2ncn[nH]2)c1. The van der Waals surface area contributed by atoms with E-state index >= 15 is 0 Å². The Hall–Kier alpha value is -5.25. The minimum absolute atomic E-state index is 0.0486. The number of nitrogens with one attached hydrogen (secondary N) is 1. The first-order valence-electron chi connectivity index (χ1n) is 11.8. The summed E-state index contributed by atoms with van der Waals surface area (Å²) in [5.74, 6) is 1.16. The Morgan fingerprint density at radius 2 is 1.33 bits per heavy atom. The molecule has 0 saturated heterocycles. The average molecular weight is 619 g/mol. The number of alkyl halides is 6. The highest BCUT2D eigenvalue weighted by molar-refractivity contribution is 6.29. The van der Waals surface area contributed by atoms with Crippen LogP contribution >= 0.6 is 11.6 Å². The second-order valence-corrected chi connectivity index (χ2v) is 8.44. The van der Waals surface area contributed by atoms with Gasteiger partial charge in [-0.3, -0.25) is 15.1 Å². The Kier molecular flexibility index (Phi) is 9.72. The van der Waals surface area contributed by atoms with Gasteiger partial charge in [0.2, 0.25) is 0 Å². The highest BCUT2D eigenvalue weighted by atomic mass is 35.5. The Bertz CT molecular complexity index is 1710. The molecule has 0 fully saturated rings. The lowest BCUT2D eigenvalue weighted by atomic mass is 10.3. The molecule has 10 nitrogen and oxygen atoms in total. The van der Waals surface area contributed by atoms with Crippen molar-refractivity contribution in [2.45, 2.75) is 12.4 Å². The second-order valence-electron chi connectivity index (χ2n) is 8.05. The Labute approximate surface area is 243 Å². The number of H-pyrrole nitrogens is 1. The average Bonchev–Trinajstić information content (AvgIpc) is 3.72. The van der Waals surface area contributed by atoms with Gasteiger partial charge in [-0.25, -0.2) is 24.6 Å². The standard InChI is InChI=1S/C13H8F3N5.C7H6N4.C6H3ClF3N/c14-13(15,16)10-4-1-5-11(19-10)21-8-18-12(20-21)9-3-2-6-17-7-9;1-2-6(4-8-3-1)7-9-5-10-11-7;7-5-3-1-2-4(11-5)6(8,9)10/h1-8H;1-5H,(H,9,10,11);1-3H. The van der Waals surface area contributed by atoms with Crippen molar-refractivity contribution >= 4 is 11.6 Å². The maximum atomic E-state index is 12.6. The first-order chi connectivity index (χ1) is 20.5. The molecule has 43 heavy (non-hydrogen) atoms. The third-order valence-electron chi connectivity index (χ3n) is 5.03. The van der Waals surface area contributed by atoms with Crippen molar-refractivity contribution in [3.05, 3.63) is 115 Å². The lowest BCUT2D eigenvalue weighted by Crippen LogP contribution is -2.10. The van der Waals surface area contributed by atoms with Gasteiger partial charge in [0.05, 0.1) is 0 Å². The van der Waals surface area contributed by atoms with Crippen LogP contribution in [0.3, 0.4) is 0 Å². The fourth-order valence-electron chi connectivity index (χ4n) is 3.12. The molecule has 220 valence electrons. The van der Waals surface area contributed by atoms with Crippen molar-refractivity contribution in [1.29, 1.82) is 0 Å². The molecule has 0 bridgehead atoms. The van der Waals surface area contributed by atoms with Crippen LogP contribution in [0.5, 0.6) is 0 Å². The van der Waals surface area contributed by atoms with Gasteiger partial charge in [0.1, 0.15) is 29.2 Å². The quantitative estimate of drug-likeness (QED) is 0.179. The summed E-state index contributed by atoms with van der Waals surface area (Å²) < 4.78 is 74.6. The van der Waals surface area contributed by atoms with Crippen LogP contribution < -0.4 is 0 Å². The Morgan fingerprint density at radius 3 is 1.86 bits per heavy atom. The van der Waals surface area contributed by atoms with Crippen LogP contribution in [0.2, 0.25) is 5.15 Å². The molecular weight excluding hydrogens is 602 g/mol. The van der Waals surface area contributed by atoms with Crippen LogP contribution in [0.25, 0.3) is 28.6 Å². The number of hydrogen-bond donors (Lipinski definition) is 1. The van der Waals surface area contributed by atoms with Crippen molar-refractivity contribution in [3.63, 3.8) is 0 Å². The number of aromatic amines is 1. The number of hydrogen-bond acceptors (Lipinski definition) is 8. The van der Waals surface area contributed by atoms with E-state index in [1.165, 1.54) is 41.6 Å². The molecule has 6 aromatic rings. The van der Waals surface area contributed by atoms with E-state index in [-0.39, 0.29) is 11.0 Å². The van der Waals surface area contributed by atoms with Gasteiger partial charge in [0, 0.05) is 35.9 Å². The lowest BCUT2D eigenvalue weighted by molar-refractivity contribution is -0.141. The van der Waals surface area contributed by atoms with E-state index in [0.717, 1.165) is 23.5 Å². The predicted molar refractivity (Wildman–Crippen MR) is 141 cm³/mol. The summed E-state index contributed by atoms with van der Waals surface area (Å²) in [6, 6.07) is 14.2. The molecule has 0 unspecified atom stereocenters. The highest BCUT2D eigenvalue weighted by Gasteiger charge is 2.33. The summed E-state index contributed by atoms with van der Waals surface area (Å²) in [7, 11) is 0. The summed E-state index contributed by atoms with van der Waals surface area (Å²) in [5, 5.41) is 10.4. The number of aromatic nitrogens is 10. The maximum absolute atomic E-state index is 12.6. The van der Waals surface area contributed by atoms with Gasteiger partial charge in [-0.15, -0.1) is 5.10 Å². The molecule has 0 aliphatic rings. The molecule has 0 radical (unpaired) electrons. The third-order valence-corrected chi connectivity index (χ3v) is 5.24. The topological polar surface area (TPSA) is 124 Å². The maximum Gasteiger partial charge on any atom is 0.433 e. The lowest BCUT2D eigenvalue weighted by Gasteiger charge is -2.06.